The van der Waals surface area contributed by atoms with Crippen molar-refractivity contribution in [2.75, 3.05) is 13.1 Å². The van der Waals surface area contributed by atoms with Gasteiger partial charge >= 0.3 is 0 Å². The normalized spacial score (nSPS) is 34.3. The molecule has 3 aliphatic rings. The molecule has 1 amide bonds. The topological polar surface area (TPSA) is 32.3 Å². The minimum Gasteiger partial charge on any atom is -0.335 e. The Bertz CT molecular complexity index is 578. The first-order valence-electron chi connectivity index (χ1n) is 9.10. The smallest absolute Gasteiger partial charge is 0.226 e. The Morgan fingerprint density at radius 3 is 2.78 bits per heavy atom. The Morgan fingerprint density at radius 2 is 2.17 bits per heavy atom. The van der Waals surface area contributed by atoms with Gasteiger partial charge in [0.05, 0.1) is 0 Å². The Morgan fingerprint density at radius 1 is 1.39 bits per heavy atom. The molecule has 1 spiro atoms. The summed E-state index contributed by atoms with van der Waals surface area (Å²) in [5.74, 6) is 0.700. The van der Waals surface area contributed by atoms with Crippen LogP contribution in [0.25, 0.3) is 0 Å². The quantitative estimate of drug-likeness (QED) is 0.892. The monoisotopic (exact) mass is 332 g/mol. The standard InChI is InChI=1S/C19H28N2OS/c1-3-18(2)10-15(18)17(22)21(12-14-4-9-23-13-14)16-11-19(16)5-7-20-8-6-19/h4,9,13,15-16,20H,3,5-8,10-12H2,1-2H3. The van der Waals surface area contributed by atoms with Crippen LogP contribution in [0.1, 0.15) is 51.5 Å². The highest BCUT2D eigenvalue weighted by Gasteiger charge is 2.61. The van der Waals surface area contributed by atoms with E-state index in [1.807, 2.05) is 0 Å². The molecule has 1 N–H and O–H groups in total. The third-order valence-electron chi connectivity index (χ3n) is 6.80. The van der Waals surface area contributed by atoms with Crippen molar-refractivity contribution in [1.29, 1.82) is 0 Å². The van der Waals surface area contributed by atoms with Gasteiger partial charge in [0.2, 0.25) is 5.91 Å². The number of amides is 1. The maximum Gasteiger partial charge on any atom is 0.226 e. The van der Waals surface area contributed by atoms with Crippen molar-refractivity contribution in [3.8, 4) is 0 Å². The van der Waals surface area contributed by atoms with E-state index >= 15 is 0 Å². The Balaban J connectivity index is 1.52. The molecule has 1 aliphatic heterocycles. The number of nitrogens with one attached hydrogen (secondary N) is 1. The molecular formula is C19H28N2OS. The fraction of sp³-hybridized carbons (Fsp3) is 0.737. The van der Waals surface area contributed by atoms with Crippen molar-refractivity contribution in [2.24, 2.45) is 16.7 Å². The second kappa shape index (κ2) is 5.59. The summed E-state index contributed by atoms with van der Waals surface area (Å²) in [5.41, 5.74) is 1.99. The van der Waals surface area contributed by atoms with E-state index in [0.29, 0.717) is 17.4 Å². The van der Waals surface area contributed by atoms with Gasteiger partial charge in [0, 0.05) is 18.5 Å². The molecule has 2 aliphatic carbocycles. The summed E-state index contributed by atoms with van der Waals surface area (Å²) in [5, 5.41) is 7.79. The molecule has 4 heteroatoms. The number of nitrogens with zero attached hydrogens (tertiary/aromatic N) is 1. The van der Waals surface area contributed by atoms with Gasteiger partial charge in [-0.1, -0.05) is 13.8 Å². The molecule has 1 saturated heterocycles. The third kappa shape index (κ3) is 2.74. The Hall–Kier alpha value is -0.870. The van der Waals surface area contributed by atoms with Crippen LogP contribution in [0.5, 0.6) is 0 Å². The predicted octanol–water partition coefficient (Wildman–Crippen LogP) is 3.66. The molecule has 0 radical (unpaired) electrons. The van der Waals surface area contributed by atoms with Crippen LogP contribution < -0.4 is 5.32 Å². The number of hydrogen-bond donors (Lipinski definition) is 1. The minimum atomic E-state index is 0.264. The maximum atomic E-state index is 13.2. The van der Waals surface area contributed by atoms with Crippen LogP contribution in [0.2, 0.25) is 0 Å². The molecule has 3 unspecified atom stereocenters. The van der Waals surface area contributed by atoms with Gasteiger partial charge in [-0.15, -0.1) is 0 Å². The second-order valence-corrected chi connectivity index (χ2v) is 8.97. The summed E-state index contributed by atoms with van der Waals surface area (Å²) in [6.07, 6.45) is 5.90. The van der Waals surface area contributed by atoms with Crippen molar-refractivity contribution in [2.45, 2.75) is 58.5 Å². The highest BCUT2D eigenvalue weighted by molar-refractivity contribution is 7.07. The summed E-state index contributed by atoms with van der Waals surface area (Å²) in [6.45, 7) is 7.56. The fourth-order valence-corrected chi connectivity index (χ4v) is 5.19. The average Bonchev–Trinajstić information content (AvgIpc) is 3.35. The Kier molecular flexibility index (Phi) is 3.80. The van der Waals surface area contributed by atoms with Gasteiger partial charge in [-0.25, -0.2) is 0 Å². The molecule has 4 rings (SSSR count). The lowest BCUT2D eigenvalue weighted by Gasteiger charge is -2.30. The fourth-order valence-electron chi connectivity index (χ4n) is 4.53. The van der Waals surface area contributed by atoms with Crippen molar-refractivity contribution in [1.82, 2.24) is 10.2 Å². The van der Waals surface area contributed by atoms with E-state index in [1.54, 1.807) is 11.3 Å². The van der Waals surface area contributed by atoms with E-state index in [9.17, 15) is 4.79 Å². The maximum absolute atomic E-state index is 13.2. The molecule has 1 aromatic heterocycles. The number of carbonyl (C=O) groups excluding carboxylic acids is 1. The van der Waals surface area contributed by atoms with Crippen molar-refractivity contribution in [3.05, 3.63) is 22.4 Å². The van der Waals surface area contributed by atoms with Crippen LogP contribution >= 0.6 is 11.3 Å². The molecule has 3 atom stereocenters. The number of thiophene rings is 1. The summed E-state index contributed by atoms with van der Waals surface area (Å²) >= 11 is 1.73. The molecule has 0 bridgehead atoms. The van der Waals surface area contributed by atoms with Gasteiger partial charge < -0.3 is 10.2 Å². The zero-order valence-electron chi connectivity index (χ0n) is 14.3. The molecule has 23 heavy (non-hydrogen) atoms. The van der Waals surface area contributed by atoms with E-state index in [1.165, 1.54) is 24.8 Å². The van der Waals surface area contributed by atoms with Crippen LogP contribution in [0, 0.1) is 16.7 Å². The SMILES string of the molecule is CCC1(C)CC1C(=O)N(Cc1ccsc1)C1CC12CCNCC2. The molecule has 0 aromatic carbocycles. The molecule has 3 nitrogen and oxygen atoms in total. The number of piperidine rings is 1. The van der Waals surface area contributed by atoms with E-state index in [-0.39, 0.29) is 11.3 Å². The lowest BCUT2D eigenvalue weighted by Crippen LogP contribution is -2.40. The van der Waals surface area contributed by atoms with Crippen LogP contribution in [-0.2, 0) is 11.3 Å². The van der Waals surface area contributed by atoms with E-state index in [2.05, 4.69) is 40.9 Å². The van der Waals surface area contributed by atoms with Gasteiger partial charge in [0.1, 0.15) is 0 Å². The van der Waals surface area contributed by atoms with Crippen LogP contribution in [0.3, 0.4) is 0 Å². The number of hydrogen-bond acceptors (Lipinski definition) is 3. The molecule has 126 valence electrons. The minimum absolute atomic E-state index is 0.264. The first-order valence-corrected chi connectivity index (χ1v) is 10.0. The van der Waals surface area contributed by atoms with Gasteiger partial charge in [-0.05, 0) is 78.4 Å². The first kappa shape index (κ1) is 15.6. The van der Waals surface area contributed by atoms with Gasteiger partial charge in [-0.2, -0.15) is 11.3 Å². The van der Waals surface area contributed by atoms with E-state index < -0.39 is 0 Å². The van der Waals surface area contributed by atoms with Crippen LogP contribution in [0.15, 0.2) is 16.8 Å². The molecule has 2 saturated carbocycles. The highest BCUT2D eigenvalue weighted by Crippen LogP contribution is 2.60. The van der Waals surface area contributed by atoms with E-state index in [0.717, 1.165) is 32.5 Å². The van der Waals surface area contributed by atoms with Crippen molar-refractivity contribution >= 4 is 17.2 Å². The largest absolute Gasteiger partial charge is 0.335 e. The lowest BCUT2D eigenvalue weighted by molar-refractivity contribution is -0.135. The molecule has 1 aromatic rings. The van der Waals surface area contributed by atoms with Crippen molar-refractivity contribution < 1.29 is 4.79 Å². The lowest BCUT2D eigenvalue weighted by atomic mass is 9.93. The zero-order valence-corrected chi connectivity index (χ0v) is 15.1. The average molecular weight is 333 g/mol. The zero-order chi connectivity index (χ0) is 16.1. The predicted molar refractivity (Wildman–Crippen MR) is 94.3 cm³/mol. The molecule has 2 heterocycles. The second-order valence-electron chi connectivity index (χ2n) is 8.19. The third-order valence-corrected chi connectivity index (χ3v) is 7.53. The summed E-state index contributed by atoms with van der Waals surface area (Å²) in [4.78, 5) is 15.5. The van der Waals surface area contributed by atoms with E-state index in [4.69, 9.17) is 0 Å². The first-order chi connectivity index (χ1) is 11.1. The molecule has 3 fully saturated rings. The van der Waals surface area contributed by atoms with Gasteiger partial charge in [0.25, 0.3) is 0 Å². The molecular weight excluding hydrogens is 304 g/mol. The summed E-state index contributed by atoms with van der Waals surface area (Å²) in [7, 11) is 0. The Labute approximate surface area is 143 Å². The highest BCUT2D eigenvalue weighted by atomic mass is 32.1. The van der Waals surface area contributed by atoms with Crippen molar-refractivity contribution in [3.63, 3.8) is 0 Å². The van der Waals surface area contributed by atoms with Crippen LogP contribution in [0.4, 0.5) is 0 Å². The van der Waals surface area contributed by atoms with Gasteiger partial charge in [-0.3, -0.25) is 4.79 Å². The summed E-state index contributed by atoms with van der Waals surface area (Å²) in [6, 6.07) is 2.66. The number of rotatable bonds is 5. The number of carbonyl (C=O) groups is 1. The van der Waals surface area contributed by atoms with Gasteiger partial charge in [0.15, 0.2) is 0 Å². The van der Waals surface area contributed by atoms with Crippen LogP contribution in [-0.4, -0.2) is 29.9 Å². The summed E-state index contributed by atoms with van der Waals surface area (Å²) < 4.78 is 0.